The Balaban J connectivity index is 2.74. The van der Waals surface area contributed by atoms with Gasteiger partial charge in [0.15, 0.2) is 5.78 Å². The molecule has 0 aliphatic heterocycles. The van der Waals surface area contributed by atoms with Crippen LogP contribution in [0.2, 0.25) is 0 Å². The van der Waals surface area contributed by atoms with Gasteiger partial charge in [-0.3, -0.25) is 4.79 Å². The monoisotopic (exact) mass is 283 g/mol. The van der Waals surface area contributed by atoms with E-state index in [0.29, 0.717) is 10.0 Å². The summed E-state index contributed by atoms with van der Waals surface area (Å²) in [6, 6.07) is 3.83. The van der Waals surface area contributed by atoms with Crippen molar-refractivity contribution in [1.29, 1.82) is 0 Å². The third-order valence-electron chi connectivity index (χ3n) is 2.13. The molecule has 1 atom stereocenters. The highest BCUT2D eigenvalue weighted by Gasteiger charge is 2.14. The zero-order valence-electron chi connectivity index (χ0n) is 8.54. The molecule has 1 rings (SSSR count). The molecule has 1 unspecified atom stereocenters. The van der Waals surface area contributed by atoms with E-state index in [9.17, 15) is 9.18 Å². The van der Waals surface area contributed by atoms with Gasteiger partial charge in [0, 0.05) is 17.3 Å². The van der Waals surface area contributed by atoms with Crippen LogP contribution < -0.4 is 5.73 Å². The van der Waals surface area contributed by atoms with Crippen LogP contribution in [0.3, 0.4) is 0 Å². The van der Waals surface area contributed by atoms with Gasteiger partial charge in [-0.2, -0.15) is 0 Å². The molecule has 0 bridgehead atoms. The SMILES string of the molecule is C#CCC(N)C(=O)Cc1ccc(Br)cc1F. The summed E-state index contributed by atoms with van der Waals surface area (Å²) in [4.78, 5) is 11.5. The number of carbonyl (C=O) groups is 1. The minimum absolute atomic E-state index is 0.0258. The fourth-order valence-electron chi connectivity index (χ4n) is 1.22. The van der Waals surface area contributed by atoms with Crippen molar-refractivity contribution in [3.8, 4) is 12.3 Å². The maximum absolute atomic E-state index is 13.4. The van der Waals surface area contributed by atoms with Crippen LogP contribution >= 0.6 is 15.9 Å². The standard InChI is InChI=1S/C12H11BrFNO/c1-2-3-11(15)12(16)6-8-4-5-9(13)7-10(8)14/h1,4-5,7,11H,3,6,15H2. The average Bonchev–Trinajstić information content (AvgIpc) is 2.22. The first-order valence-corrected chi connectivity index (χ1v) is 5.49. The first kappa shape index (κ1) is 12.9. The van der Waals surface area contributed by atoms with E-state index in [4.69, 9.17) is 12.2 Å². The van der Waals surface area contributed by atoms with Crippen molar-refractivity contribution >= 4 is 21.7 Å². The quantitative estimate of drug-likeness (QED) is 0.860. The second-order valence-electron chi connectivity index (χ2n) is 3.39. The molecular formula is C12H11BrFNO. The summed E-state index contributed by atoms with van der Waals surface area (Å²) in [6.07, 6.45) is 5.20. The molecule has 1 aromatic rings. The maximum Gasteiger partial charge on any atom is 0.154 e. The van der Waals surface area contributed by atoms with Gasteiger partial charge in [-0.05, 0) is 17.7 Å². The van der Waals surface area contributed by atoms with E-state index < -0.39 is 11.9 Å². The van der Waals surface area contributed by atoms with Gasteiger partial charge in [0.05, 0.1) is 6.04 Å². The first-order chi connectivity index (χ1) is 7.54. The van der Waals surface area contributed by atoms with Crippen LogP contribution in [0.4, 0.5) is 4.39 Å². The van der Waals surface area contributed by atoms with Gasteiger partial charge in [-0.15, -0.1) is 12.3 Å². The Morgan fingerprint density at radius 1 is 1.62 bits per heavy atom. The van der Waals surface area contributed by atoms with Crippen molar-refractivity contribution in [2.45, 2.75) is 18.9 Å². The fraction of sp³-hybridized carbons (Fsp3) is 0.250. The Hall–Kier alpha value is -1.18. The van der Waals surface area contributed by atoms with Crippen molar-refractivity contribution in [2.24, 2.45) is 5.73 Å². The number of carbonyl (C=O) groups excluding carboxylic acids is 1. The van der Waals surface area contributed by atoms with Gasteiger partial charge in [-0.1, -0.05) is 22.0 Å². The molecule has 0 radical (unpaired) electrons. The number of rotatable bonds is 4. The summed E-state index contributed by atoms with van der Waals surface area (Å²) in [5, 5.41) is 0. The van der Waals surface area contributed by atoms with Crippen LogP contribution in [0, 0.1) is 18.2 Å². The molecule has 0 aliphatic carbocycles. The van der Waals surface area contributed by atoms with Crippen LogP contribution in [0.5, 0.6) is 0 Å². The van der Waals surface area contributed by atoms with Crippen molar-refractivity contribution in [3.05, 3.63) is 34.1 Å². The van der Waals surface area contributed by atoms with E-state index in [2.05, 4.69) is 21.9 Å². The maximum atomic E-state index is 13.4. The van der Waals surface area contributed by atoms with Gasteiger partial charge in [0.1, 0.15) is 5.82 Å². The number of hydrogen-bond acceptors (Lipinski definition) is 2. The molecular weight excluding hydrogens is 273 g/mol. The van der Waals surface area contributed by atoms with Crippen molar-refractivity contribution in [3.63, 3.8) is 0 Å². The number of Topliss-reactive ketones (excluding diaryl/α,β-unsaturated/α-hetero) is 1. The Morgan fingerprint density at radius 2 is 2.31 bits per heavy atom. The Kier molecular flexibility index (Phi) is 4.66. The van der Waals surface area contributed by atoms with Crippen molar-refractivity contribution in [2.75, 3.05) is 0 Å². The normalized spacial score (nSPS) is 11.9. The molecule has 0 spiro atoms. The van der Waals surface area contributed by atoms with Crippen LogP contribution in [0.25, 0.3) is 0 Å². The number of terminal acetylenes is 1. The highest BCUT2D eigenvalue weighted by molar-refractivity contribution is 9.10. The number of benzene rings is 1. The molecule has 0 amide bonds. The number of hydrogen-bond donors (Lipinski definition) is 1. The van der Waals surface area contributed by atoms with Crippen molar-refractivity contribution in [1.82, 2.24) is 0 Å². The van der Waals surface area contributed by atoms with Gasteiger partial charge >= 0.3 is 0 Å². The molecule has 16 heavy (non-hydrogen) atoms. The predicted octanol–water partition coefficient (Wildman–Crippen LogP) is 2.05. The zero-order chi connectivity index (χ0) is 12.1. The van der Waals surface area contributed by atoms with Gasteiger partial charge < -0.3 is 5.73 Å². The third kappa shape index (κ3) is 3.44. The van der Waals surface area contributed by atoms with Gasteiger partial charge in [-0.25, -0.2) is 4.39 Å². The highest BCUT2D eigenvalue weighted by Crippen LogP contribution is 2.16. The zero-order valence-corrected chi connectivity index (χ0v) is 10.1. The summed E-state index contributed by atoms with van der Waals surface area (Å²) < 4.78 is 14.0. The predicted molar refractivity (Wildman–Crippen MR) is 64.2 cm³/mol. The van der Waals surface area contributed by atoms with E-state index in [1.54, 1.807) is 12.1 Å². The number of nitrogens with two attached hydrogens (primary N) is 1. The van der Waals surface area contributed by atoms with Crippen molar-refractivity contribution < 1.29 is 9.18 Å². The minimum Gasteiger partial charge on any atom is -0.321 e. The second-order valence-corrected chi connectivity index (χ2v) is 4.31. The smallest absolute Gasteiger partial charge is 0.154 e. The van der Waals surface area contributed by atoms with E-state index in [1.165, 1.54) is 6.07 Å². The lowest BCUT2D eigenvalue weighted by molar-refractivity contribution is -0.119. The summed E-state index contributed by atoms with van der Waals surface area (Å²) in [5.74, 6) is 1.64. The molecule has 1 aromatic carbocycles. The number of ketones is 1. The minimum atomic E-state index is -0.715. The Bertz CT molecular complexity index is 439. The summed E-state index contributed by atoms with van der Waals surface area (Å²) in [5.41, 5.74) is 5.87. The molecule has 0 saturated heterocycles. The summed E-state index contributed by atoms with van der Waals surface area (Å²) in [7, 11) is 0. The molecule has 0 fully saturated rings. The van der Waals surface area contributed by atoms with Gasteiger partial charge in [0.25, 0.3) is 0 Å². The lowest BCUT2D eigenvalue weighted by Gasteiger charge is -2.07. The van der Waals surface area contributed by atoms with E-state index in [1.807, 2.05) is 0 Å². The van der Waals surface area contributed by atoms with E-state index >= 15 is 0 Å². The Morgan fingerprint density at radius 3 is 2.88 bits per heavy atom. The number of halogens is 2. The molecule has 2 N–H and O–H groups in total. The van der Waals surface area contributed by atoms with Crippen LogP contribution in [-0.4, -0.2) is 11.8 Å². The Labute approximate surface area is 102 Å². The lowest BCUT2D eigenvalue weighted by Crippen LogP contribution is -2.31. The van der Waals surface area contributed by atoms with E-state index in [0.717, 1.165) is 0 Å². The fourth-order valence-corrected chi connectivity index (χ4v) is 1.56. The lowest BCUT2D eigenvalue weighted by atomic mass is 10.0. The molecule has 0 aliphatic rings. The van der Waals surface area contributed by atoms with Crippen LogP contribution in [0.15, 0.2) is 22.7 Å². The van der Waals surface area contributed by atoms with Crippen LogP contribution in [-0.2, 0) is 11.2 Å². The average molecular weight is 284 g/mol. The third-order valence-corrected chi connectivity index (χ3v) is 2.62. The second kappa shape index (κ2) is 5.78. The van der Waals surface area contributed by atoms with E-state index in [-0.39, 0.29) is 18.6 Å². The molecule has 84 valence electrons. The largest absolute Gasteiger partial charge is 0.321 e. The van der Waals surface area contributed by atoms with Crippen LogP contribution in [0.1, 0.15) is 12.0 Å². The topological polar surface area (TPSA) is 43.1 Å². The highest BCUT2D eigenvalue weighted by atomic mass is 79.9. The molecule has 0 saturated carbocycles. The molecule has 0 heterocycles. The first-order valence-electron chi connectivity index (χ1n) is 4.70. The summed E-state index contributed by atoms with van der Waals surface area (Å²) >= 11 is 3.14. The molecule has 2 nitrogen and oxygen atoms in total. The summed E-state index contributed by atoms with van der Waals surface area (Å²) in [6.45, 7) is 0. The van der Waals surface area contributed by atoms with Gasteiger partial charge in [0.2, 0.25) is 0 Å². The molecule has 0 aromatic heterocycles. The molecule has 4 heteroatoms.